The third kappa shape index (κ3) is 7.66. The van der Waals surface area contributed by atoms with Crippen LogP contribution in [-0.2, 0) is 32.0 Å². The van der Waals surface area contributed by atoms with Crippen LogP contribution in [0.5, 0.6) is 0 Å². The fourth-order valence-electron chi connectivity index (χ4n) is 3.13. The minimum absolute atomic E-state index is 0.170. The number of halogens is 1. The molecule has 7 heteroatoms. The molecule has 0 fully saturated rings. The number of ether oxygens (including phenoxy) is 1. The number of carbonyl (C=O) groups is 3. The lowest BCUT2D eigenvalue weighted by Gasteiger charge is -2.22. The third-order valence-electron chi connectivity index (χ3n) is 4.65. The highest BCUT2D eigenvalue weighted by Crippen LogP contribution is 2.10. The van der Waals surface area contributed by atoms with Crippen LogP contribution in [0.4, 0.5) is 4.39 Å². The van der Waals surface area contributed by atoms with Crippen molar-refractivity contribution in [2.24, 2.45) is 0 Å². The number of esters is 1. The summed E-state index contributed by atoms with van der Waals surface area (Å²) in [4.78, 5) is 36.5. The molecule has 0 aliphatic carbocycles. The monoisotopic (exact) mass is 414 g/mol. The number of benzene rings is 2. The van der Waals surface area contributed by atoms with Gasteiger partial charge >= 0.3 is 5.97 Å². The van der Waals surface area contributed by atoms with Crippen LogP contribution in [0, 0.1) is 5.82 Å². The van der Waals surface area contributed by atoms with E-state index in [2.05, 4.69) is 10.6 Å². The normalized spacial score (nSPS) is 12.5. The van der Waals surface area contributed by atoms with E-state index in [-0.39, 0.29) is 18.1 Å². The van der Waals surface area contributed by atoms with Crippen LogP contribution < -0.4 is 10.6 Å². The van der Waals surface area contributed by atoms with Crippen LogP contribution in [0.15, 0.2) is 54.6 Å². The van der Waals surface area contributed by atoms with Gasteiger partial charge in [-0.05, 0) is 42.5 Å². The summed E-state index contributed by atoms with van der Waals surface area (Å²) in [7, 11) is 1.27. The van der Waals surface area contributed by atoms with E-state index < -0.39 is 24.0 Å². The zero-order valence-electron chi connectivity index (χ0n) is 17.2. The fraction of sp³-hybridized carbons (Fsp3) is 0.348. The Kier molecular flexibility index (Phi) is 9.00. The Bertz CT molecular complexity index is 840. The molecule has 0 bridgehead atoms. The lowest BCUT2D eigenvalue weighted by Crippen LogP contribution is -2.52. The van der Waals surface area contributed by atoms with Crippen molar-refractivity contribution in [2.75, 3.05) is 7.11 Å². The predicted molar refractivity (Wildman–Crippen MR) is 111 cm³/mol. The second-order valence-corrected chi connectivity index (χ2v) is 7.05. The molecular formula is C23H27FN2O4. The summed E-state index contributed by atoms with van der Waals surface area (Å²) in [5.74, 6) is -1.80. The molecule has 0 heterocycles. The first-order valence-corrected chi connectivity index (χ1v) is 9.82. The number of carbonyl (C=O) groups excluding carboxylic acids is 3. The Hall–Kier alpha value is -3.22. The summed E-state index contributed by atoms with van der Waals surface area (Å²) < 4.78 is 18.0. The SMILES string of the molecule is COC(=O)[C@H](CCCc1ccccc1)NC(=O)[C@@H](Cc1ccc(F)cc1)NC(C)=O. The van der Waals surface area contributed by atoms with E-state index in [1.54, 1.807) is 12.1 Å². The number of hydrogen-bond donors (Lipinski definition) is 2. The van der Waals surface area contributed by atoms with E-state index in [9.17, 15) is 18.8 Å². The number of amides is 2. The van der Waals surface area contributed by atoms with Crippen molar-refractivity contribution in [2.45, 2.75) is 44.7 Å². The topological polar surface area (TPSA) is 84.5 Å². The van der Waals surface area contributed by atoms with Crippen molar-refractivity contribution in [3.05, 3.63) is 71.5 Å². The summed E-state index contributed by atoms with van der Waals surface area (Å²) in [6.45, 7) is 1.31. The Labute approximate surface area is 175 Å². The lowest BCUT2D eigenvalue weighted by molar-refractivity contribution is -0.145. The smallest absolute Gasteiger partial charge is 0.328 e. The van der Waals surface area contributed by atoms with Crippen molar-refractivity contribution < 1.29 is 23.5 Å². The van der Waals surface area contributed by atoms with Gasteiger partial charge in [0.05, 0.1) is 7.11 Å². The van der Waals surface area contributed by atoms with Gasteiger partial charge in [0.1, 0.15) is 17.9 Å². The quantitative estimate of drug-likeness (QED) is 0.585. The number of methoxy groups -OCH3 is 1. The predicted octanol–water partition coefficient (Wildman–Crippen LogP) is 2.55. The molecule has 2 aromatic carbocycles. The van der Waals surface area contributed by atoms with E-state index in [0.717, 1.165) is 12.0 Å². The van der Waals surface area contributed by atoms with Gasteiger partial charge in [-0.3, -0.25) is 9.59 Å². The van der Waals surface area contributed by atoms with E-state index in [0.29, 0.717) is 18.4 Å². The van der Waals surface area contributed by atoms with Crippen molar-refractivity contribution in [1.82, 2.24) is 10.6 Å². The molecule has 30 heavy (non-hydrogen) atoms. The zero-order valence-corrected chi connectivity index (χ0v) is 17.2. The lowest BCUT2D eigenvalue weighted by atomic mass is 10.0. The maximum atomic E-state index is 13.1. The molecule has 6 nitrogen and oxygen atoms in total. The molecular weight excluding hydrogens is 387 g/mol. The third-order valence-corrected chi connectivity index (χ3v) is 4.65. The van der Waals surface area contributed by atoms with Gasteiger partial charge < -0.3 is 15.4 Å². The highest BCUT2D eigenvalue weighted by Gasteiger charge is 2.26. The summed E-state index contributed by atoms with van der Waals surface area (Å²) in [6, 6.07) is 13.8. The molecule has 0 aromatic heterocycles. The van der Waals surface area contributed by atoms with Crippen molar-refractivity contribution >= 4 is 17.8 Å². The van der Waals surface area contributed by atoms with Crippen LogP contribution >= 0.6 is 0 Å². The van der Waals surface area contributed by atoms with Gasteiger partial charge in [0.15, 0.2) is 0 Å². The van der Waals surface area contributed by atoms with Crippen LogP contribution in [0.3, 0.4) is 0 Å². The first-order chi connectivity index (χ1) is 14.4. The zero-order chi connectivity index (χ0) is 21.9. The van der Waals surface area contributed by atoms with E-state index in [1.165, 1.54) is 26.2 Å². The van der Waals surface area contributed by atoms with Gasteiger partial charge in [-0.1, -0.05) is 42.5 Å². The van der Waals surface area contributed by atoms with Gasteiger partial charge in [0.25, 0.3) is 0 Å². The van der Waals surface area contributed by atoms with Crippen molar-refractivity contribution in [3.63, 3.8) is 0 Å². The molecule has 0 spiro atoms. The molecule has 0 saturated carbocycles. The minimum Gasteiger partial charge on any atom is -0.467 e. The van der Waals surface area contributed by atoms with Crippen molar-refractivity contribution in [3.8, 4) is 0 Å². The molecule has 0 radical (unpaired) electrons. The molecule has 2 amide bonds. The van der Waals surface area contributed by atoms with Crippen molar-refractivity contribution in [1.29, 1.82) is 0 Å². The number of rotatable bonds is 10. The largest absolute Gasteiger partial charge is 0.467 e. The Morgan fingerprint density at radius 1 is 0.933 bits per heavy atom. The van der Waals surface area contributed by atoms with Gasteiger partial charge in [0.2, 0.25) is 11.8 Å². The molecule has 0 aliphatic heterocycles. The maximum Gasteiger partial charge on any atom is 0.328 e. The van der Waals surface area contributed by atoms with E-state index >= 15 is 0 Å². The van der Waals surface area contributed by atoms with Gasteiger partial charge in [0, 0.05) is 13.3 Å². The van der Waals surface area contributed by atoms with Gasteiger partial charge in [-0.25, -0.2) is 9.18 Å². The Morgan fingerprint density at radius 3 is 2.20 bits per heavy atom. The Morgan fingerprint density at radius 2 is 1.60 bits per heavy atom. The fourth-order valence-corrected chi connectivity index (χ4v) is 3.13. The average molecular weight is 414 g/mol. The number of aryl methyl sites for hydroxylation is 1. The van der Waals surface area contributed by atoms with Gasteiger partial charge in [-0.2, -0.15) is 0 Å². The minimum atomic E-state index is -0.894. The number of hydrogen-bond acceptors (Lipinski definition) is 4. The molecule has 2 rings (SSSR count). The second kappa shape index (κ2) is 11.7. The molecule has 160 valence electrons. The summed E-state index contributed by atoms with van der Waals surface area (Å²) in [5.41, 5.74) is 1.82. The van der Waals surface area contributed by atoms with Gasteiger partial charge in [-0.15, -0.1) is 0 Å². The first-order valence-electron chi connectivity index (χ1n) is 9.82. The molecule has 2 N–H and O–H groups in total. The number of nitrogens with one attached hydrogen (secondary N) is 2. The average Bonchev–Trinajstić information content (AvgIpc) is 2.74. The summed E-state index contributed by atoms with van der Waals surface area (Å²) in [5, 5.41) is 5.28. The first kappa shape index (κ1) is 23.1. The van der Waals surface area contributed by atoms with Crippen LogP contribution in [-0.4, -0.2) is 37.0 Å². The van der Waals surface area contributed by atoms with Crippen LogP contribution in [0.2, 0.25) is 0 Å². The highest BCUT2D eigenvalue weighted by molar-refractivity contribution is 5.90. The molecule has 0 aliphatic rings. The Balaban J connectivity index is 2.02. The summed E-state index contributed by atoms with van der Waals surface area (Å²) in [6.07, 6.45) is 2.00. The molecule has 2 aromatic rings. The maximum absolute atomic E-state index is 13.1. The highest BCUT2D eigenvalue weighted by atomic mass is 19.1. The second-order valence-electron chi connectivity index (χ2n) is 7.05. The van der Waals surface area contributed by atoms with E-state index in [4.69, 9.17) is 4.74 Å². The molecule has 0 saturated heterocycles. The van der Waals surface area contributed by atoms with Crippen LogP contribution in [0.25, 0.3) is 0 Å². The molecule has 0 unspecified atom stereocenters. The standard InChI is InChI=1S/C23H27FN2O4/c1-16(27)25-21(15-18-11-13-19(24)14-12-18)22(28)26-20(23(29)30-2)10-6-9-17-7-4-3-5-8-17/h3-5,7-8,11-14,20-21H,6,9-10,15H2,1-2H3,(H,25,27)(H,26,28)/t20-,21+/m0/s1. The van der Waals surface area contributed by atoms with Crippen LogP contribution in [0.1, 0.15) is 30.9 Å². The molecule has 2 atom stereocenters. The summed E-state index contributed by atoms with van der Waals surface area (Å²) >= 11 is 0. The van der Waals surface area contributed by atoms with E-state index in [1.807, 2.05) is 30.3 Å².